The summed E-state index contributed by atoms with van der Waals surface area (Å²) in [6.07, 6.45) is 3.79. The van der Waals surface area contributed by atoms with Gasteiger partial charge in [-0.15, -0.1) is 0 Å². The van der Waals surface area contributed by atoms with Crippen LogP contribution in [0.1, 0.15) is 27.7 Å². The summed E-state index contributed by atoms with van der Waals surface area (Å²) in [5.74, 6) is 1.33. The van der Waals surface area contributed by atoms with Crippen molar-refractivity contribution in [2.45, 2.75) is 39.8 Å². The first-order valence-corrected chi connectivity index (χ1v) is 6.37. The summed E-state index contributed by atoms with van der Waals surface area (Å²) < 4.78 is 1.95. The third kappa shape index (κ3) is 5.70. The topological polar surface area (TPSA) is 54.2 Å². The van der Waals surface area contributed by atoms with Gasteiger partial charge >= 0.3 is 0 Å². The van der Waals surface area contributed by atoms with E-state index in [0.717, 1.165) is 19.0 Å². The fourth-order valence-corrected chi connectivity index (χ4v) is 1.60. The molecule has 0 aliphatic carbocycles. The van der Waals surface area contributed by atoms with Crippen molar-refractivity contribution in [1.29, 1.82) is 0 Å². The van der Waals surface area contributed by atoms with Crippen LogP contribution >= 0.6 is 0 Å². The lowest BCUT2D eigenvalue weighted by molar-refractivity contribution is 0.437. The smallest absolute Gasteiger partial charge is 0.191 e. The standard InChI is InChI=1S/C13H25N5/c1-11(10-18-8-6-7-16-18)9-15-12(14-5)17-13(2,3)4/h6-8,11H,9-10H2,1-5H3,(H2,14,15,17). The summed E-state index contributed by atoms with van der Waals surface area (Å²) in [6, 6.07) is 1.94. The summed E-state index contributed by atoms with van der Waals surface area (Å²) in [6.45, 7) is 10.3. The van der Waals surface area contributed by atoms with Crippen LogP contribution in [0.25, 0.3) is 0 Å². The summed E-state index contributed by atoms with van der Waals surface area (Å²) in [5, 5.41) is 10.9. The van der Waals surface area contributed by atoms with Gasteiger partial charge in [0.1, 0.15) is 0 Å². The molecule has 0 radical (unpaired) electrons. The Morgan fingerprint density at radius 3 is 2.67 bits per heavy atom. The zero-order valence-electron chi connectivity index (χ0n) is 12.1. The molecule has 1 heterocycles. The molecule has 0 fully saturated rings. The van der Waals surface area contributed by atoms with Gasteiger partial charge < -0.3 is 10.6 Å². The highest BCUT2D eigenvalue weighted by Gasteiger charge is 2.12. The third-order valence-corrected chi connectivity index (χ3v) is 2.39. The molecule has 0 amide bonds. The Labute approximate surface area is 110 Å². The molecule has 0 aromatic carbocycles. The fourth-order valence-electron chi connectivity index (χ4n) is 1.60. The molecule has 1 aromatic rings. The number of hydrogen-bond acceptors (Lipinski definition) is 2. The molecule has 2 N–H and O–H groups in total. The van der Waals surface area contributed by atoms with Crippen molar-refractivity contribution in [3.05, 3.63) is 18.5 Å². The van der Waals surface area contributed by atoms with E-state index in [-0.39, 0.29) is 5.54 Å². The predicted molar refractivity (Wildman–Crippen MR) is 75.6 cm³/mol. The maximum absolute atomic E-state index is 4.21. The Morgan fingerprint density at radius 2 is 2.17 bits per heavy atom. The third-order valence-electron chi connectivity index (χ3n) is 2.39. The van der Waals surface area contributed by atoms with Gasteiger partial charge in [-0.3, -0.25) is 9.67 Å². The van der Waals surface area contributed by atoms with Crippen LogP contribution in [0.2, 0.25) is 0 Å². The Balaban J connectivity index is 2.34. The lowest BCUT2D eigenvalue weighted by atomic mass is 10.1. The predicted octanol–water partition coefficient (Wildman–Crippen LogP) is 1.48. The van der Waals surface area contributed by atoms with Crippen LogP contribution in [0.15, 0.2) is 23.5 Å². The van der Waals surface area contributed by atoms with E-state index in [2.05, 4.69) is 48.4 Å². The van der Waals surface area contributed by atoms with Crippen LogP contribution in [-0.2, 0) is 6.54 Å². The number of rotatable bonds is 4. The van der Waals surface area contributed by atoms with Crippen LogP contribution in [-0.4, -0.2) is 34.9 Å². The molecule has 5 nitrogen and oxygen atoms in total. The molecule has 102 valence electrons. The van der Waals surface area contributed by atoms with E-state index in [0.29, 0.717) is 5.92 Å². The normalized spacial score (nSPS) is 14.4. The van der Waals surface area contributed by atoms with Crippen molar-refractivity contribution in [2.75, 3.05) is 13.6 Å². The van der Waals surface area contributed by atoms with Crippen molar-refractivity contribution < 1.29 is 0 Å². The van der Waals surface area contributed by atoms with Gasteiger partial charge in [0.25, 0.3) is 0 Å². The zero-order valence-corrected chi connectivity index (χ0v) is 12.1. The largest absolute Gasteiger partial charge is 0.356 e. The highest BCUT2D eigenvalue weighted by atomic mass is 15.3. The minimum absolute atomic E-state index is 0.0209. The van der Waals surface area contributed by atoms with E-state index in [1.807, 2.05) is 16.9 Å². The molecule has 1 aromatic heterocycles. The molecule has 1 rings (SSSR count). The summed E-state index contributed by atoms with van der Waals surface area (Å²) in [7, 11) is 1.79. The van der Waals surface area contributed by atoms with Crippen LogP contribution in [0.3, 0.4) is 0 Å². The average molecular weight is 251 g/mol. The van der Waals surface area contributed by atoms with E-state index in [1.54, 1.807) is 13.2 Å². The van der Waals surface area contributed by atoms with Gasteiger partial charge in [-0.1, -0.05) is 6.92 Å². The summed E-state index contributed by atoms with van der Waals surface area (Å²) in [5.41, 5.74) is 0.0209. The maximum atomic E-state index is 4.21. The summed E-state index contributed by atoms with van der Waals surface area (Å²) >= 11 is 0. The van der Waals surface area contributed by atoms with Crippen molar-refractivity contribution in [3.63, 3.8) is 0 Å². The molecular formula is C13H25N5. The minimum Gasteiger partial charge on any atom is -0.356 e. The number of aliphatic imine (C=N–C) groups is 1. The molecule has 0 aliphatic heterocycles. The number of nitrogens with one attached hydrogen (secondary N) is 2. The Hall–Kier alpha value is -1.52. The van der Waals surface area contributed by atoms with E-state index in [4.69, 9.17) is 0 Å². The quantitative estimate of drug-likeness (QED) is 0.629. The highest BCUT2D eigenvalue weighted by Crippen LogP contribution is 2.00. The first-order chi connectivity index (χ1) is 8.40. The first-order valence-electron chi connectivity index (χ1n) is 6.37. The van der Waals surface area contributed by atoms with Crippen molar-refractivity contribution in [3.8, 4) is 0 Å². The lowest BCUT2D eigenvalue weighted by Crippen LogP contribution is -2.48. The highest BCUT2D eigenvalue weighted by molar-refractivity contribution is 5.80. The Morgan fingerprint density at radius 1 is 1.44 bits per heavy atom. The Kier molecular flexibility index (Phi) is 5.19. The van der Waals surface area contributed by atoms with Crippen molar-refractivity contribution in [1.82, 2.24) is 20.4 Å². The second kappa shape index (κ2) is 6.42. The molecule has 0 bridgehead atoms. The maximum Gasteiger partial charge on any atom is 0.191 e. The summed E-state index contributed by atoms with van der Waals surface area (Å²) in [4.78, 5) is 4.21. The average Bonchev–Trinajstić information content (AvgIpc) is 2.75. The number of guanidine groups is 1. The molecule has 1 unspecified atom stereocenters. The first kappa shape index (κ1) is 14.5. The molecular weight excluding hydrogens is 226 g/mol. The van der Waals surface area contributed by atoms with Gasteiger partial charge in [-0.05, 0) is 32.8 Å². The van der Waals surface area contributed by atoms with Crippen molar-refractivity contribution >= 4 is 5.96 Å². The molecule has 18 heavy (non-hydrogen) atoms. The van der Waals surface area contributed by atoms with Gasteiger partial charge in [0.15, 0.2) is 5.96 Å². The number of hydrogen-bond donors (Lipinski definition) is 2. The molecule has 0 saturated heterocycles. The van der Waals surface area contributed by atoms with E-state index in [9.17, 15) is 0 Å². The van der Waals surface area contributed by atoms with Crippen molar-refractivity contribution in [2.24, 2.45) is 10.9 Å². The van der Waals surface area contributed by atoms with Crippen LogP contribution in [0.5, 0.6) is 0 Å². The molecule has 0 aliphatic rings. The van der Waals surface area contributed by atoms with Crippen LogP contribution in [0, 0.1) is 5.92 Å². The minimum atomic E-state index is 0.0209. The van der Waals surface area contributed by atoms with Gasteiger partial charge in [-0.2, -0.15) is 5.10 Å². The monoisotopic (exact) mass is 251 g/mol. The zero-order chi connectivity index (χ0) is 13.6. The second-order valence-electron chi connectivity index (χ2n) is 5.66. The number of nitrogens with zero attached hydrogens (tertiary/aromatic N) is 3. The molecule has 0 spiro atoms. The van der Waals surface area contributed by atoms with E-state index in [1.165, 1.54) is 0 Å². The molecule has 1 atom stereocenters. The molecule has 5 heteroatoms. The second-order valence-corrected chi connectivity index (χ2v) is 5.66. The fraction of sp³-hybridized carbons (Fsp3) is 0.692. The van der Waals surface area contributed by atoms with Gasteiger partial charge in [0, 0.05) is 38.1 Å². The SMILES string of the molecule is CN=C(NCC(C)Cn1cccn1)NC(C)(C)C. The van der Waals surface area contributed by atoms with Crippen LogP contribution in [0.4, 0.5) is 0 Å². The van der Waals surface area contributed by atoms with Gasteiger partial charge in [0.05, 0.1) is 0 Å². The van der Waals surface area contributed by atoms with Crippen LogP contribution < -0.4 is 10.6 Å². The van der Waals surface area contributed by atoms with Gasteiger partial charge in [-0.25, -0.2) is 0 Å². The number of aromatic nitrogens is 2. The Bertz CT molecular complexity index is 361. The lowest BCUT2D eigenvalue weighted by Gasteiger charge is -2.24. The van der Waals surface area contributed by atoms with E-state index >= 15 is 0 Å². The van der Waals surface area contributed by atoms with Gasteiger partial charge in [0.2, 0.25) is 0 Å². The molecule has 0 saturated carbocycles. The van der Waals surface area contributed by atoms with E-state index < -0.39 is 0 Å².